The van der Waals surface area contributed by atoms with E-state index >= 15 is 0 Å². The number of nitrogens with zero attached hydrogens (tertiary/aromatic N) is 5. The second kappa shape index (κ2) is 10.9. The summed E-state index contributed by atoms with van der Waals surface area (Å²) in [6.07, 6.45) is 1.57. The summed E-state index contributed by atoms with van der Waals surface area (Å²) < 4.78 is 10.6. The molecule has 0 saturated carbocycles. The first kappa shape index (κ1) is 22.0. The second-order valence-corrected chi connectivity index (χ2v) is 7.00. The van der Waals surface area contributed by atoms with Crippen molar-refractivity contribution in [2.24, 2.45) is 5.10 Å². The van der Waals surface area contributed by atoms with Crippen LogP contribution < -0.4 is 20.4 Å². The summed E-state index contributed by atoms with van der Waals surface area (Å²) >= 11 is 0. The Bertz CT molecular complexity index is 1100. The van der Waals surface area contributed by atoms with Crippen LogP contribution in [0, 0.1) is 0 Å². The lowest BCUT2D eigenvalue weighted by Crippen LogP contribution is -2.37. The van der Waals surface area contributed by atoms with Gasteiger partial charge in [-0.25, -0.2) is 10.2 Å². The molecule has 2 aromatic carbocycles. The molecule has 0 atom stereocenters. The van der Waals surface area contributed by atoms with Crippen LogP contribution >= 0.6 is 0 Å². The molecule has 2 heterocycles. The van der Waals surface area contributed by atoms with Crippen molar-refractivity contribution < 1.29 is 19.4 Å². The lowest BCUT2D eigenvalue weighted by atomic mass is 10.2. The Morgan fingerprint density at radius 2 is 1.88 bits per heavy atom. The monoisotopic (exact) mass is 449 g/mol. The van der Waals surface area contributed by atoms with Crippen LogP contribution in [0.4, 0.5) is 23.5 Å². The van der Waals surface area contributed by atoms with E-state index in [1.165, 1.54) is 0 Å². The molecule has 1 saturated heterocycles. The molecule has 0 radical (unpaired) electrons. The third kappa shape index (κ3) is 6.61. The predicted octanol–water partition coefficient (Wildman–Crippen LogP) is 2.36. The van der Waals surface area contributed by atoms with Gasteiger partial charge in [-0.2, -0.15) is 20.1 Å². The average Bonchev–Trinajstić information content (AvgIpc) is 2.84. The van der Waals surface area contributed by atoms with Gasteiger partial charge < -0.3 is 24.8 Å². The number of carboxylic acid groups (broad SMARTS) is 1. The summed E-state index contributed by atoms with van der Waals surface area (Å²) in [7, 11) is 0. The fourth-order valence-electron chi connectivity index (χ4n) is 3.02. The maximum absolute atomic E-state index is 10.7. The van der Waals surface area contributed by atoms with Gasteiger partial charge in [-0.15, -0.1) is 0 Å². The molecule has 3 aromatic rings. The maximum Gasteiger partial charge on any atom is 0.341 e. The molecule has 1 aromatic heterocycles. The molecule has 0 spiro atoms. The summed E-state index contributed by atoms with van der Waals surface area (Å²) in [4.78, 5) is 26.2. The average molecular weight is 449 g/mol. The smallest absolute Gasteiger partial charge is 0.341 e. The van der Waals surface area contributed by atoms with Crippen molar-refractivity contribution >= 4 is 35.7 Å². The second-order valence-electron chi connectivity index (χ2n) is 7.00. The van der Waals surface area contributed by atoms with E-state index in [2.05, 4.69) is 30.8 Å². The molecule has 1 aliphatic rings. The molecule has 33 heavy (non-hydrogen) atoms. The number of aliphatic carboxylic acids is 1. The molecule has 11 heteroatoms. The van der Waals surface area contributed by atoms with Gasteiger partial charge in [-0.3, -0.25) is 0 Å². The van der Waals surface area contributed by atoms with Crippen molar-refractivity contribution in [3.63, 3.8) is 0 Å². The minimum atomic E-state index is -1.04. The number of anilines is 4. The van der Waals surface area contributed by atoms with Gasteiger partial charge in [-0.1, -0.05) is 30.3 Å². The lowest BCUT2D eigenvalue weighted by molar-refractivity contribution is -0.139. The fourth-order valence-corrected chi connectivity index (χ4v) is 3.02. The number of ether oxygens (including phenoxy) is 2. The van der Waals surface area contributed by atoms with Gasteiger partial charge in [-0.05, 0) is 29.8 Å². The molecule has 3 N–H and O–H groups in total. The number of hydrogen-bond donors (Lipinski definition) is 3. The number of carbonyl (C=O) groups is 1. The number of para-hydroxylation sites is 1. The zero-order valence-electron chi connectivity index (χ0n) is 17.7. The van der Waals surface area contributed by atoms with Crippen LogP contribution in [0.5, 0.6) is 5.75 Å². The normalized spacial score (nSPS) is 13.6. The van der Waals surface area contributed by atoms with Crippen LogP contribution in [0.15, 0.2) is 59.7 Å². The molecule has 0 bridgehead atoms. The molecule has 1 aliphatic heterocycles. The summed E-state index contributed by atoms with van der Waals surface area (Å²) in [6, 6.07) is 16.5. The van der Waals surface area contributed by atoms with Gasteiger partial charge in [0.1, 0.15) is 5.75 Å². The Hall–Kier alpha value is -4.25. The van der Waals surface area contributed by atoms with Gasteiger partial charge in [0.2, 0.25) is 17.8 Å². The third-order valence-electron chi connectivity index (χ3n) is 4.55. The highest BCUT2D eigenvalue weighted by atomic mass is 16.5. The molecule has 1 fully saturated rings. The Morgan fingerprint density at radius 1 is 1.09 bits per heavy atom. The number of aromatic nitrogens is 3. The van der Waals surface area contributed by atoms with Crippen LogP contribution in [-0.4, -0.2) is 65.2 Å². The van der Waals surface area contributed by atoms with Crippen molar-refractivity contribution in [2.75, 3.05) is 48.6 Å². The minimum absolute atomic E-state index is 0.277. The standard InChI is InChI=1S/C22H23N7O4/c30-19(31)15-33-18-8-4-5-16(13-18)14-23-28-21-25-20(24-17-6-2-1-3-7-17)26-22(27-21)29-9-11-32-12-10-29/h1-8,13-14H,9-12,15H2,(H,30,31)(H2,24,25,26,27,28). The number of nitrogens with one attached hydrogen (secondary N) is 2. The number of rotatable bonds is 9. The van der Waals surface area contributed by atoms with Crippen LogP contribution in [0.2, 0.25) is 0 Å². The van der Waals surface area contributed by atoms with Crippen LogP contribution in [0.3, 0.4) is 0 Å². The highest BCUT2D eigenvalue weighted by Gasteiger charge is 2.16. The molecule has 4 rings (SSSR count). The molecular formula is C22H23N7O4. The molecular weight excluding hydrogens is 426 g/mol. The van der Waals surface area contributed by atoms with Crippen molar-refractivity contribution in [2.45, 2.75) is 0 Å². The van der Waals surface area contributed by atoms with Crippen molar-refractivity contribution in [3.05, 3.63) is 60.2 Å². The van der Waals surface area contributed by atoms with E-state index in [9.17, 15) is 4.79 Å². The molecule has 170 valence electrons. The molecule has 0 aliphatic carbocycles. The largest absolute Gasteiger partial charge is 0.482 e. The van der Waals surface area contributed by atoms with Crippen LogP contribution in [-0.2, 0) is 9.53 Å². The van der Waals surface area contributed by atoms with E-state index in [1.54, 1.807) is 24.4 Å². The summed E-state index contributed by atoms with van der Waals surface area (Å²) in [5.74, 6) is 0.583. The molecule has 0 amide bonds. The number of morpholine rings is 1. The number of carboxylic acids is 1. The number of hydrogen-bond acceptors (Lipinski definition) is 10. The predicted molar refractivity (Wildman–Crippen MR) is 123 cm³/mol. The lowest BCUT2D eigenvalue weighted by Gasteiger charge is -2.27. The van der Waals surface area contributed by atoms with Gasteiger partial charge in [0.15, 0.2) is 6.61 Å². The Balaban J connectivity index is 1.50. The number of benzene rings is 2. The third-order valence-corrected chi connectivity index (χ3v) is 4.55. The zero-order chi connectivity index (χ0) is 22.9. The summed E-state index contributed by atoms with van der Waals surface area (Å²) in [5, 5.41) is 16.1. The highest BCUT2D eigenvalue weighted by molar-refractivity contribution is 5.80. The Labute approximate surface area is 190 Å². The van der Waals surface area contributed by atoms with Crippen molar-refractivity contribution in [1.29, 1.82) is 0 Å². The summed E-state index contributed by atoms with van der Waals surface area (Å²) in [5.41, 5.74) is 4.41. The Morgan fingerprint density at radius 3 is 2.67 bits per heavy atom. The Kier molecular flexibility index (Phi) is 7.23. The van der Waals surface area contributed by atoms with Crippen molar-refractivity contribution in [3.8, 4) is 5.75 Å². The summed E-state index contributed by atoms with van der Waals surface area (Å²) in [6.45, 7) is 2.16. The van der Waals surface area contributed by atoms with Gasteiger partial charge >= 0.3 is 5.97 Å². The van der Waals surface area contributed by atoms with Gasteiger partial charge in [0.05, 0.1) is 19.4 Å². The quantitative estimate of drug-likeness (QED) is 0.330. The molecule has 11 nitrogen and oxygen atoms in total. The minimum Gasteiger partial charge on any atom is -0.482 e. The van der Waals surface area contributed by atoms with Gasteiger partial charge in [0.25, 0.3) is 0 Å². The van der Waals surface area contributed by atoms with Crippen LogP contribution in [0.25, 0.3) is 0 Å². The first-order valence-electron chi connectivity index (χ1n) is 10.3. The van der Waals surface area contributed by atoms with E-state index in [-0.39, 0.29) is 5.95 Å². The topological polar surface area (TPSA) is 134 Å². The van der Waals surface area contributed by atoms with Crippen LogP contribution in [0.1, 0.15) is 5.56 Å². The van der Waals surface area contributed by atoms with E-state index in [0.29, 0.717) is 43.9 Å². The van der Waals surface area contributed by atoms with E-state index in [1.807, 2.05) is 41.3 Å². The SMILES string of the molecule is O=C(O)COc1cccc(C=NNc2nc(Nc3ccccc3)nc(N3CCOCC3)n2)c1. The molecule has 0 unspecified atom stereocenters. The first-order valence-corrected chi connectivity index (χ1v) is 10.3. The van der Waals surface area contributed by atoms with Gasteiger partial charge in [0, 0.05) is 18.8 Å². The number of hydrazone groups is 1. The maximum atomic E-state index is 10.7. The highest BCUT2D eigenvalue weighted by Crippen LogP contribution is 2.18. The zero-order valence-corrected chi connectivity index (χ0v) is 17.7. The first-order chi connectivity index (χ1) is 16.2. The van der Waals surface area contributed by atoms with E-state index in [4.69, 9.17) is 14.6 Å². The van der Waals surface area contributed by atoms with E-state index in [0.717, 1.165) is 11.3 Å². The fraction of sp³-hybridized carbons (Fsp3) is 0.227. The van der Waals surface area contributed by atoms with Crippen molar-refractivity contribution in [1.82, 2.24) is 15.0 Å². The van der Waals surface area contributed by atoms with E-state index < -0.39 is 12.6 Å².